The highest BCUT2D eigenvalue weighted by Gasteiger charge is 2.31. The lowest BCUT2D eigenvalue weighted by molar-refractivity contribution is -0.112. The van der Waals surface area contributed by atoms with Crippen LogP contribution in [0.15, 0.2) is 58.7 Å². The number of amidine groups is 1. The van der Waals surface area contributed by atoms with Gasteiger partial charge < -0.3 is 16.0 Å². The zero-order valence-electron chi connectivity index (χ0n) is 16.0. The number of carbonyl (C=O) groups excluding carboxylic acids is 2. The van der Waals surface area contributed by atoms with Gasteiger partial charge in [-0.15, -0.1) is 15.7 Å². The van der Waals surface area contributed by atoms with Gasteiger partial charge in [0.05, 0.1) is 16.9 Å². The molecular formula is C20H18N4O4S2. The summed E-state index contributed by atoms with van der Waals surface area (Å²) in [5.41, 5.74) is 7.44. The Labute approximate surface area is 177 Å². The Kier molecular flexibility index (Phi) is 5.04. The number of hydrogen-bond donors (Lipinski definition) is 2. The Balaban J connectivity index is 1.72. The van der Waals surface area contributed by atoms with Gasteiger partial charge in [0.2, 0.25) is 0 Å². The number of sulfonamides is 1. The zero-order chi connectivity index (χ0) is 21.5. The number of rotatable bonds is 4. The van der Waals surface area contributed by atoms with Crippen LogP contribution in [0.5, 0.6) is 0 Å². The van der Waals surface area contributed by atoms with Crippen LogP contribution in [0.2, 0.25) is 0 Å². The average molecular weight is 443 g/mol. The van der Waals surface area contributed by atoms with Crippen molar-refractivity contribution in [3.63, 3.8) is 0 Å². The number of aryl methyl sites for hydroxylation is 1. The van der Waals surface area contributed by atoms with Crippen LogP contribution in [-0.2, 0) is 14.8 Å². The molecule has 2 aliphatic heterocycles. The van der Waals surface area contributed by atoms with Crippen molar-refractivity contribution in [2.45, 2.75) is 6.92 Å². The number of carbonyl (C=O) groups is 2. The van der Waals surface area contributed by atoms with Crippen LogP contribution in [-0.4, -0.2) is 43.3 Å². The third-order valence-corrected chi connectivity index (χ3v) is 6.89. The van der Waals surface area contributed by atoms with Crippen LogP contribution >= 0.6 is 11.3 Å². The maximum atomic E-state index is 13.0. The van der Waals surface area contributed by atoms with E-state index >= 15 is 0 Å². The van der Waals surface area contributed by atoms with Crippen LogP contribution in [0, 0.1) is 6.92 Å². The standard InChI is InChI=1S/C20H18N4O4S2/c1-12-15(13-6-3-2-4-7-13)16(17(21)25)20(29-12)22-19(26)14-8-5-9-24-10-11-30(27,28)23-18(14)24/h2-9H,10-11H2,1H3,(H2,21,25)(H,22,26). The summed E-state index contributed by atoms with van der Waals surface area (Å²) in [4.78, 5) is 27.7. The Morgan fingerprint density at radius 2 is 1.97 bits per heavy atom. The second kappa shape index (κ2) is 7.54. The Bertz CT molecular complexity index is 1240. The van der Waals surface area contributed by atoms with Gasteiger partial charge in [0, 0.05) is 23.2 Å². The Hall–Kier alpha value is -3.24. The third kappa shape index (κ3) is 3.66. The van der Waals surface area contributed by atoms with E-state index in [9.17, 15) is 18.0 Å². The van der Waals surface area contributed by atoms with E-state index in [0.717, 1.165) is 10.4 Å². The average Bonchev–Trinajstić information content (AvgIpc) is 3.03. The minimum atomic E-state index is -3.63. The molecule has 0 bridgehead atoms. The van der Waals surface area contributed by atoms with E-state index in [1.165, 1.54) is 17.4 Å². The molecule has 0 radical (unpaired) electrons. The minimum absolute atomic E-state index is 0.0680. The number of anilines is 1. The molecule has 10 heteroatoms. The number of thiophene rings is 1. The predicted molar refractivity (Wildman–Crippen MR) is 117 cm³/mol. The van der Waals surface area contributed by atoms with E-state index in [1.807, 2.05) is 37.3 Å². The van der Waals surface area contributed by atoms with E-state index in [4.69, 9.17) is 5.73 Å². The van der Waals surface area contributed by atoms with Crippen molar-refractivity contribution in [1.82, 2.24) is 4.90 Å². The number of amides is 2. The van der Waals surface area contributed by atoms with Gasteiger partial charge in [0.25, 0.3) is 21.8 Å². The van der Waals surface area contributed by atoms with E-state index in [0.29, 0.717) is 10.6 Å². The van der Waals surface area contributed by atoms with Gasteiger partial charge in [-0.05, 0) is 24.6 Å². The van der Waals surface area contributed by atoms with Crippen molar-refractivity contribution in [3.8, 4) is 11.1 Å². The molecule has 0 saturated carbocycles. The molecule has 154 valence electrons. The largest absolute Gasteiger partial charge is 0.365 e. The van der Waals surface area contributed by atoms with Crippen molar-refractivity contribution in [3.05, 3.63) is 64.7 Å². The highest BCUT2D eigenvalue weighted by Crippen LogP contribution is 2.39. The van der Waals surface area contributed by atoms with Gasteiger partial charge >= 0.3 is 0 Å². The van der Waals surface area contributed by atoms with Gasteiger partial charge in [-0.3, -0.25) is 9.59 Å². The monoisotopic (exact) mass is 442 g/mol. The molecule has 0 aliphatic carbocycles. The number of benzene rings is 1. The molecule has 1 aromatic heterocycles. The second-order valence-corrected chi connectivity index (χ2v) is 9.72. The highest BCUT2D eigenvalue weighted by molar-refractivity contribution is 7.90. The molecule has 0 fully saturated rings. The fourth-order valence-electron chi connectivity index (χ4n) is 3.38. The first kappa shape index (κ1) is 20.0. The summed E-state index contributed by atoms with van der Waals surface area (Å²) >= 11 is 1.24. The highest BCUT2D eigenvalue weighted by atomic mass is 32.2. The minimum Gasteiger partial charge on any atom is -0.365 e. The second-order valence-electron chi connectivity index (χ2n) is 6.74. The van der Waals surface area contributed by atoms with Crippen molar-refractivity contribution in [1.29, 1.82) is 0 Å². The van der Waals surface area contributed by atoms with Crippen molar-refractivity contribution in [2.24, 2.45) is 10.1 Å². The number of nitrogens with zero attached hydrogens (tertiary/aromatic N) is 2. The zero-order valence-corrected chi connectivity index (χ0v) is 17.6. The van der Waals surface area contributed by atoms with E-state index in [-0.39, 0.29) is 29.3 Å². The summed E-state index contributed by atoms with van der Waals surface area (Å²) < 4.78 is 27.6. The van der Waals surface area contributed by atoms with E-state index < -0.39 is 21.8 Å². The molecule has 2 amide bonds. The van der Waals surface area contributed by atoms with E-state index in [1.54, 1.807) is 17.2 Å². The first-order valence-electron chi connectivity index (χ1n) is 9.05. The van der Waals surface area contributed by atoms with Crippen LogP contribution in [0.1, 0.15) is 15.2 Å². The van der Waals surface area contributed by atoms with Crippen molar-refractivity contribution >= 4 is 44.0 Å². The number of fused-ring (bicyclic) bond motifs is 1. The molecule has 0 atom stereocenters. The fourth-order valence-corrected chi connectivity index (χ4v) is 5.45. The lowest BCUT2D eigenvalue weighted by Gasteiger charge is -2.28. The first-order chi connectivity index (χ1) is 14.3. The molecule has 30 heavy (non-hydrogen) atoms. The SMILES string of the molecule is Cc1sc(NC(=O)C2=CC=CN3CCS(=O)(=O)N=C23)c(C(N)=O)c1-c1ccccc1. The molecule has 0 unspecified atom stereocenters. The van der Waals surface area contributed by atoms with Gasteiger partial charge in [0.1, 0.15) is 5.00 Å². The van der Waals surface area contributed by atoms with Crippen LogP contribution < -0.4 is 11.1 Å². The molecule has 8 nitrogen and oxygen atoms in total. The summed E-state index contributed by atoms with van der Waals surface area (Å²) in [7, 11) is -3.63. The third-order valence-electron chi connectivity index (χ3n) is 4.72. The number of hydrogen-bond acceptors (Lipinski definition) is 6. The number of nitrogens with two attached hydrogens (primary N) is 1. The lowest BCUT2D eigenvalue weighted by Crippen LogP contribution is -2.40. The molecule has 3 N–H and O–H groups in total. The van der Waals surface area contributed by atoms with Gasteiger partial charge in [-0.25, -0.2) is 8.42 Å². The van der Waals surface area contributed by atoms with Crippen LogP contribution in [0.3, 0.4) is 0 Å². The molecule has 2 aliphatic rings. The summed E-state index contributed by atoms with van der Waals surface area (Å²) in [6.07, 6.45) is 4.81. The molecule has 2 aromatic rings. The quantitative estimate of drug-likeness (QED) is 0.752. The molecule has 4 rings (SSSR count). The lowest BCUT2D eigenvalue weighted by atomic mass is 10.0. The summed E-state index contributed by atoms with van der Waals surface area (Å²) in [5.74, 6) is -1.28. The van der Waals surface area contributed by atoms with Crippen LogP contribution in [0.25, 0.3) is 11.1 Å². The van der Waals surface area contributed by atoms with Crippen molar-refractivity contribution < 1.29 is 18.0 Å². The topological polar surface area (TPSA) is 122 Å². The van der Waals surface area contributed by atoms with E-state index in [2.05, 4.69) is 9.71 Å². The summed E-state index contributed by atoms with van der Waals surface area (Å²) in [6, 6.07) is 9.30. The number of primary amides is 1. The molecule has 0 saturated heterocycles. The van der Waals surface area contributed by atoms with Crippen molar-refractivity contribution in [2.75, 3.05) is 17.6 Å². The maximum absolute atomic E-state index is 13.0. The first-order valence-corrected chi connectivity index (χ1v) is 11.5. The molecule has 3 heterocycles. The molecular weight excluding hydrogens is 424 g/mol. The normalized spacial score (nSPS) is 17.0. The smallest absolute Gasteiger partial charge is 0.260 e. The predicted octanol–water partition coefficient (Wildman–Crippen LogP) is 2.26. The van der Waals surface area contributed by atoms with Gasteiger partial charge in [0.15, 0.2) is 5.84 Å². The Morgan fingerprint density at radius 3 is 2.67 bits per heavy atom. The summed E-state index contributed by atoms with van der Waals surface area (Å²) in [6.45, 7) is 2.06. The van der Waals surface area contributed by atoms with Gasteiger partial charge in [-0.2, -0.15) is 0 Å². The van der Waals surface area contributed by atoms with Gasteiger partial charge in [-0.1, -0.05) is 30.3 Å². The maximum Gasteiger partial charge on any atom is 0.260 e. The fraction of sp³-hybridized carbons (Fsp3) is 0.150. The summed E-state index contributed by atoms with van der Waals surface area (Å²) in [5, 5.41) is 3.04. The Morgan fingerprint density at radius 1 is 1.23 bits per heavy atom. The number of nitrogens with one attached hydrogen (secondary N) is 1. The number of allylic oxidation sites excluding steroid dienone is 2. The molecule has 0 spiro atoms. The van der Waals surface area contributed by atoms with Crippen LogP contribution in [0.4, 0.5) is 5.00 Å². The molecule has 1 aromatic carbocycles.